The number of para-hydroxylation sites is 1. The molecule has 0 unspecified atom stereocenters. The minimum Gasteiger partial charge on any atom is -0.493 e. The topological polar surface area (TPSA) is 96.8 Å². The number of hydrogen-bond acceptors (Lipinski definition) is 9. The molecule has 0 aliphatic heterocycles. The average Bonchev–Trinajstić information content (AvgIpc) is 3.21. The Labute approximate surface area is 194 Å². The molecule has 1 heterocycles. The summed E-state index contributed by atoms with van der Waals surface area (Å²) in [5.41, 5.74) is 0.376. The van der Waals surface area contributed by atoms with Gasteiger partial charge in [0, 0.05) is 12.0 Å². The predicted octanol–water partition coefficient (Wildman–Crippen LogP) is 3.95. The highest BCUT2D eigenvalue weighted by molar-refractivity contribution is 7.11. The second-order valence-electron chi connectivity index (χ2n) is 6.81. The predicted molar refractivity (Wildman–Crippen MR) is 119 cm³/mol. The zero-order chi connectivity index (χ0) is 23.8. The number of carbonyl (C=O) groups excluding carboxylic acids is 2. The molecule has 0 amide bonds. The molecule has 0 saturated heterocycles. The maximum absolute atomic E-state index is 13.9. The molecule has 0 aliphatic carbocycles. The van der Waals surface area contributed by atoms with Gasteiger partial charge >= 0.3 is 5.97 Å². The summed E-state index contributed by atoms with van der Waals surface area (Å²) in [6.07, 6.45) is -0.0744. The number of nitrogens with zero attached hydrogens (tertiary/aromatic N) is 2. The molecule has 0 radical (unpaired) electrons. The van der Waals surface area contributed by atoms with Crippen LogP contribution in [-0.4, -0.2) is 42.8 Å². The first kappa shape index (κ1) is 24.1. The molecule has 1 aromatic heterocycles. The molecule has 0 atom stereocenters. The molecule has 3 rings (SSSR count). The van der Waals surface area contributed by atoms with Gasteiger partial charge in [-0.25, -0.2) is 4.39 Å². The lowest BCUT2D eigenvalue weighted by molar-refractivity contribution is -0.142. The van der Waals surface area contributed by atoms with E-state index < -0.39 is 11.8 Å². The maximum atomic E-state index is 13.9. The summed E-state index contributed by atoms with van der Waals surface area (Å²) < 4.78 is 35.4. The van der Waals surface area contributed by atoms with Crippen LogP contribution in [0.2, 0.25) is 0 Å². The lowest BCUT2D eigenvalue weighted by Crippen LogP contribution is -2.08. The van der Waals surface area contributed by atoms with E-state index in [1.807, 2.05) is 0 Å². The van der Waals surface area contributed by atoms with Gasteiger partial charge < -0.3 is 18.9 Å². The standard InChI is InChI=1S/C23H23FN2O6S/c1-4-31-22(28)13-21-26-25-20(33-21)12-16(27)11-14-10-15(24)8-9-17(14)32-19-7-5-6-18(29-2)23(19)30-3/h5-10H,4,11-13H2,1-3H3. The van der Waals surface area contributed by atoms with Gasteiger partial charge in [-0.2, -0.15) is 0 Å². The number of benzene rings is 2. The Morgan fingerprint density at radius 3 is 2.36 bits per heavy atom. The van der Waals surface area contributed by atoms with E-state index in [-0.39, 0.29) is 31.7 Å². The van der Waals surface area contributed by atoms with Crippen LogP contribution in [0.3, 0.4) is 0 Å². The van der Waals surface area contributed by atoms with Crippen molar-refractivity contribution in [3.8, 4) is 23.0 Å². The van der Waals surface area contributed by atoms with Crippen molar-refractivity contribution in [2.45, 2.75) is 26.2 Å². The molecule has 0 bridgehead atoms. The molecule has 3 aromatic rings. The van der Waals surface area contributed by atoms with Gasteiger partial charge in [0.1, 0.15) is 27.4 Å². The van der Waals surface area contributed by atoms with Crippen molar-refractivity contribution < 1.29 is 32.9 Å². The molecule has 0 spiro atoms. The first-order valence-corrected chi connectivity index (χ1v) is 10.9. The van der Waals surface area contributed by atoms with Gasteiger partial charge in [0.15, 0.2) is 11.5 Å². The fourth-order valence-electron chi connectivity index (χ4n) is 3.05. The van der Waals surface area contributed by atoms with Crippen molar-refractivity contribution in [1.82, 2.24) is 10.2 Å². The van der Waals surface area contributed by atoms with Crippen LogP contribution in [0.4, 0.5) is 4.39 Å². The highest BCUT2D eigenvalue weighted by Gasteiger charge is 2.18. The van der Waals surface area contributed by atoms with Gasteiger partial charge in [-0.05, 0) is 37.3 Å². The number of Topliss-reactive ketones (excluding diaryl/α,β-unsaturated/α-hetero) is 1. The number of ether oxygens (including phenoxy) is 4. The summed E-state index contributed by atoms with van der Waals surface area (Å²) in [6.45, 7) is 2.00. The number of methoxy groups -OCH3 is 2. The van der Waals surface area contributed by atoms with Crippen molar-refractivity contribution in [3.63, 3.8) is 0 Å². The van der Waals surface area contributed by atoms with E-state index >= 15 is 0 Å². The second kappa shape index (κ2) is 11.4. The average molecular weight is 475 g/mol. The quantitative estimate of drug-likeness (QED) is 0.386. The van der Waals surface area contributed by atoms with Crippen LogP contribution < -0.4 is 14.2 Å². The Morgan fingerprint density at radius 2 is 1.67 bits per heavy atom. The van der Waals surface area contributed by atoms with Gasteiger partial charge in [-0.15, -0.1) is 21.5 Å². The molecule has 8 nitrogen and oxygen atoms in total. The van der Waals surface area contributed by atoms with E-state index in [1.54, 1.807) is 25.1 Å². The number of ketones is 1. The third kappa shape index (κ3) is 6.48. The summed E-state index contributed by atoms with van der Waals surface area (Å²) in [5, 5.41) is 8.83. The fraction of sp³-hybridized carbons (Fsp3) is 0.304. The van der Waals surface area contributed by atoms with Crippen LogP contribution in [0.15, 0.2) is 36.4 Å². The smallest absolute Gasteiger partial charge is 0.312 e. The van der Waals surface area contributed by atoms with Crippen molar-refractivity contribution in [1.29, 1.82) is 0 Å². The van der Waals surface area contributed by atoms with E-state index in [4.69, 9.17) is 18.9 Å². The Balaban J connectivity index is 1.73. The minimum atomic E-state index is -0.490. The van der Waals surface area contributed by atoms with Crippen molar-refractivity contribution >= 4 is 23.1 Å². The molecule has 0 saturated carbocycles. The van der Waals surface area contributed by atoms with Gasteiger partial charge in [0.05, 0.1) is 33.7 Å². The second-order valence-corrected chi connectivity index (χ2v) is 7.96. The SMILES string of the molecule is CCOC(=O)Cc1nnc(CC(=O)Cc2cc(F)ccc2Oc2cccc(OC)c2OC)s1. The highest BCUT2D eigenvalue weighted by atomic mass is 32.1. The molecule has 0 fully saturated rings. The molecule has 174 valence electrons. The first-order valence-electron chi connectivity index (χ1n) is 10.1. The van der Waals surface area contributed by atoms with E-state index in [1.165, 1.54) is 43.8 Å². The number of carbonyl (C=O) groups is 2. The molecule has 0 N–H and O–H groups in total. The molecule has 2 aromatic carbocycles. The zero-order valence-corrected chi connectivity index (χ0v) is 19.2. The van der Waals surface area contributed by atoms with Crippen molar-refractivity contribution in [3.05, 3.63) is 57.8 Å². The van der Waals surface area contributed by atoms with E-state index in [0.717, 1.165) is 0 Å². The molecular weight excluding hydrogens is 451 g/mol. The summed E-state index contributed by atoms with van der Waals surface area (Å²) in [4.78, 5) is 24.3. The van der Waals surface area contributed by atoms with Crippen LogP contribution in [0.5, 0.6) is 23.0 Å². The number of halogens is 1. The largest absolute Gasteiger partial charge is 0.493 e. The number of hydrogen-bond donors (Lipinski definition) is 0. The Kier molecular flexibility index (Phi) is 8.31. The third-order valence-corrected chi connectivity index (χ3v) is 5.38. The Bertz CT molecular complexity index is 1130. The van der Waals surface area contributed by atoms with Crippen molar-refractivity contribution in [2.75, 3.05) is 20.8 Å². The molecule has 33 heavy (non-hydrogen) atoms. The Hall–Kier alpha value is -3.53. The Morgan fingerprint density at radius 1 is 0.939 bits per heavy atom. The fourth-order valence-corrected chi connectivity index (χ4v) is 3.91. The molecule has 0 aliphatic rings. The van der Waals surface area contributed by atoms with Gasteiger partial charge in [-0.3, -0.25) is 9.59 Å². The lowest BCUT2D eigenvalue weighted by Gasteiger charge is -2.15. The maximum Gasteiger partial charge on any atom is 0.312 e. The van der Waals surface area contributed by atoms with E-state index in [2.05, 4.69) is 10.2 Å². The molecule has 10 heteroatoms. The minimum absolute atomic E-state index is 0.00107. The van der Waals surface area contributed by atoms with Crippen LogP contribution in [0.25, 0.3) is 0 Å². The van der Waals surface area contributed by atoms with Crippen molar-refractivity contribution in [2.24, 2.45) is 0 Å². The van der Waals surface area contributed by atoms with Crippen LogP contribution >= 0.6 is 11.3 Å². The number of esters is 1. The van der Waals surface area contributed by atoms with Crippen LogP contribution in [0.1, 0.15) is 22.5 Å². The van der Waals surface area contributed by atoms with Gasteiger partial charge in [-0.1, -0.05) is 6.07 Å². The van der Waals surface area contributed by atoms with Crippen LogP contribution in [0, 0.1) is 5.82 Å². The monoisotopic (exact) mass is 474 g/mol. The number of rotatable bonds is 11. The lowest BCUT2D eigenvalue weighted by atomic mass is 10.1. The first-order chi connectivity index (χ1) is 15.9. The summed E-state index contributed by atoms with van der Waals surface area (Å²) in [5.74, 6) is 0.439. The molecular formula is C23H23FN2O6S. The number of aromatic nitrogens is 2. The summed E-state index contributed by atoms with van der Waals surface area (Å²) in [6, 6.07) is 9.10. The highest BCUT2D eigenvalue weighted by Crippen LogP contribution is 2.40. The summed E-state index contributed by atoms with van der Waals surface area (Å²) >= 11 is 1.17. The van der Waals surface area contributed by atoms with Crippen LogP contribution in [-0.2, 0) is 33.6 Å². The summed E-state index contributed by atoms with van der Waals surface area (Å²) in [7, 11) is 2.99. The van der Waals surface area contributed by atoms with E-state index in [9.17, 15) is 14.0 Å². The third-order valence-electron chi connectivity index (χ3n) is 4.45. The zero-order valence-electron chi connectivity index (χ0n) is 18.4. The van der Waals surface area contributed by atoms with E-state index in [0.29, 0.717) is 38.6 Å². The van der Waals surface area contributed by atoms with Gasteiger partial charge in [0.2, 0.25) is 5.75 Å². The normalized spacial score (nSPS) is 10.5. The van der Waals surface area contributed by atoms with Gasteiger partial charge in [0.25, 0.3) is 0 Å².